The van der Waals surface area contributed by atoms with Crippen molar-refractivity contribution in [2.75, 3.05) is 48.0 Å². The van der Waals surface area contributed by atoms with E-state index in [9.17, 15) is 4.79 Å². The predicted molar refractivity (Wildman–Crippen MR) is 160 cm³/mol. The molecule has 5 rings (SSSR count). The minimum atomic E-state index is -0.563. The summed E-state index contributed by atoms with van der Waals surface area (Å²) in [6, 6.07) is 5.51. The number of carbonyl (C=O) groups excluding carboxylic acids is 1. The van der Waals surface area contributed by atoms with E-state index in [1.807, 2.05) is 6.07 Å². The van der Waals surface area contributed by atoms with Crippen molar-refractivity contribution in [1.82, 2.24) is 19.9 Å². The van der Waals surface area contributed by atoms with E-state index in [1.54, 1.807) is 6.07 Å². The number of ether oxygens (including phenoxy) is 1. The van der Waals surface area contributed by atoms with Gasteiger partial charge in [0.2, 0.25) is 0 Å². The Hall–Kier alpha value is -3.25. The minimum absolute atomic E-state index is 0.0611. The zero-order valence-electron chi connectivity index (χ0n) is 23.1. The van der Waals surface area contributed by atoms with Crippen molar-refractivity contribution in [3.05, 3.63) is 46.7 Å². The van der Waals surface area contributed by atoms with Gasteiger partial charge in [0.15, 0.2) is 16.8 Å². The number of likely N-dealkylation sites (N-methyl/N-ethyl adjacent to an activating group) is 1. The number of rotatable bonds is 6. The molecule has 2 aliphatic rings. The number of pyridine rings is 1. The predicted octanol–water partition coefficient (Wildman–Crippen LogP) is 5.35. The van der Waals surface area contributed by atoms with Crippen LogP contribution in [0.4, 0.5) is 33.1 Å². The van der Waals surface area contributed by atoms with E-state index < -0.39 is 11.9 Å². The second-order valence-electron chi connectivity index (χ2n) is 10.5. The molecule has 4 N–H and O–H groups in total. The molecule has 1 aromatic carbocycles. The number of nitrogens with two attached hydrogens (primary N) is 1. The lowest BCUT2D eigenvalue weighted by Crippen LogP contribution is -2.55. The van der Waals surface area contributed by atoms with Crippen molar-refractivity contribution in [2.24, 2.45) is 0 Å². The number of amides is 1. The van der Waals surface area contributed by atoms with E-state index >= 15 is 4.39 Å². The van der Waals surface area contributed by atoms with Crippen molar-refractivity contribution in [3.63, 3.8) is 0 Å². The molecule has 10 nitrogen and oxygen atoms in total. The third-order valence-electron chi connectivity index (χ3n) is 7.77. The lowest BCUT2D eigenvalue weighted by Gasteiger charge is -2.44. The minimum Gasteiger partial charge on any atom is -0.393 e. The summed E-state index contributed by atoms with van der Waals surface area (Å²) >= 11 is 12.7. The molecule has 0 spiro atoms. The highest BCUT2D eigenvalue weighted by molar-refractivity contribution is 6.33. The standard InChI is InChI=1S/C28H33Cl2FN8O2/c1-15-12-39(13-16(2)38(15)3)20-8-7-17(23(31)25(20)37-27-24(32)26(30)34-14-35-27)18-11-33-22(10-19(18)29)36-28(40)21-6-4-5-9-41-21/h7-8,10-11,14-16,21H,4-6,9,12-13,32H2,1-3H3,(H,33,36,40)(H,34,35,37)/t15-,16+,21?. The molecular weight excluding hydrogens is 570 g/mol. The molecule has 1 unspecified atom stereocenters. The second-order valence-corrected chi connectivity index (χ2v) is 11.3. The van der Waals surface area contributed by atoms with Crippen LogP contribution in [0.2, 0.25) is 10.2 Å². The monoisotopic (exact) mass is 602 g/mol. The molecule has 13 heteroatoms. The van der Waals surface area contributed by atoms with E-state index in [2.05, 4.69) is 56.3 Å². The quantitative estimate of drug-likeness (QED) is 0.320. The molecule has 3 aromatic rings. The molecule has 41 heavy (non-hydrogen) atoms. The van der Waals surface area contributed by atoms with E-state index in [1.165, 1.54) is 18.6 Å². The van der Waals surface area contributed by atoms with Gasteiger partial charge in [-0.3, -0.25) is 9.69 Å². The Labute approximate surface area is 248 Å². The number of hydrogen-bond acceptors (Lipinski definition) is 9. The summed E-state index contributed by atoms with van der Waals surface area (Å²) in [5, 5.41) is 6.10. The zero-order chi connectivity index (χ0) is 29.3. The van der Waals surface area contributed by atoms with Crippen LogP contribution >= 0.6 is 23.2 Å². The highest BCUT2D eigenvalue weighted by Crippen LogP contribution is 2.41. The fourth-order valence-electron chi connectivity index (χ4n) is 5.20. The average molecular weight is 604 g/mol. The lowest BCUT2D eigenvalue weighted by atomic mass is 10.0. The van der Waals surface area contributed by atoms with Crippen LogP contribution in [0.15, 0.2) is 30.7 Å². The molecule has 218 valence electrons. The van der Waals surface area contributed by atoms with Crippen molar-refractivity contribution in [1.29, 1.82) is 0 Å². The Morgan fingerprint density at radius 3 is 2.56 bits per heavy atom. The molecule has 2 aliphatic heterocycles. The van der Waals surface area contributed by atoms with Gasteiger partial charge in [-0.15, -0.1) is 0 Å². The molecule has 2 fully saturated rings. The summed E-state index contributed by atoms with van der Waals surface area (Å²) in [5.41, 5.74) is 7.62. The molecule has 1 amide bonds. The van der Waals surface area contributed by atoms with Crippen LogP contribution in [0.5, 0.6) is 0 Å². The largest absolute Gasteiger partial charge is 0.393 e. The number of nitrogen functional groups attached to an aromatic ring is 1. The first-order valence-electron chi connectivity index (χ1n) is 13.5. The highest BCUT2D eigenvalue weighted by Gasteiger charge is 2.30. The number of carbonyl (C=O) groups is 1. The molecule has 2 aromatic heterocycles. The molecule has 4 heterocycles. The topological polar surface area (TPSA) is 122 Å². The van der Waals surface area contributed by atoms with Gasteiger partial charge in [-0.25, -0.2) is 19.3 Å². The average Bonchev–Trinajstić information content (AvgIpc) is 2.95. The summed E-state index contributed by atoms with van der Waals surface area (Å²) < 4.78 is 22.1. The summed E-state index contributed by atoms with van der Waals surface area (Å²) in [6.45, 7) is 6.20. The van der Waals surface area contributed by atoms with Crippen LogP contribution in [0.3, 0.4) is 0 Å². The molecule has 0 radical (unpaired) electrons. The van der Waals surface area contributed by atoms with Crippen molar-refractivity contribution < 1.29 is 13.9 Å². The van der Waals surface area contributed by atoms with Crippen LogP contribution in [-0.2, 0) is 9.53 Å². The normalized spacial score (nSPS) is 21.5. The van der Waals surface area contributed by atoms with Crippen LogP contribution in [0.25, 0.3) is 11.1 Å². The molecule has 0 saturated carbocycles. The van der Waals surface area contributed by atoms with Gasteiger partial charge in [-0.05, 0) is 52.3 Å². The zero-order valence-corrected chi connectivity index (χ0v) is 24.6. The first kappa shape index (κ1) is 29.2. The molecule has 3 atom stereocenters. The smallest absolute Gasteiger partial charge is 0.254 e. The van der Waals surface area contributed by atoms with Crippen molar-refractivity contribution >= 4 is 57.8 Å². The van der Waals surface area contributed by atoms with Gasteiger partial charge in [-0.1, -0.05) is 23.2 Å². The number of hydrogen-bond donors (Lipinski definition) is 3. The first-order valence-corrected chi connectivity index (χ1v) is 14.3. The Morgan fingerprint density at radius 1 is 1.12 bits per heavy atom. The summed E-state index contributed by atoms with van der Waals surface area (Å²) in [4.78, 5) is 29.4. The Bertz CT molecular complexity index is 1430. The number of aromatic nitrogens is 3. The number of piperazine rings is 1. The highest BCUT2D eigenvalue weighted by atomic mass is 35.5. The van der Waals surface area contributed by atoms with Crippen LogP contribution in [0, 0.1) is 5.82 Å². The summed E-state index contributed by atoms with van der Waals surface area (Å²) in [5.74, 6) is -0.395. The molecular formula is C28H33Cl2FN8O2. The number of nitrogens with one attached hydrogen (secondary N) is 2. The fourth-order valence-corrected chi connectivity index (χ4v) is 5.59. The third-order valence-corrected chi connectivity index (χ3v) is 8.38. The van der Waals surface area contributed by atoms with Crippen LogP contribution < -0.4 is 21.3 Å². The van der Waals surface area contributed by atoms with Crippen LogP contribution in [0.1, 0.15) is 33.1 Å². The maximum absolute atomic E-state index is 16.5. The fraction of sp³-hybridized carbons (Fsp3) is 0.429. The van der Waals surface area contributed by atoms with Crippen molar-refractivity contribution in [3.8, 4) is 11.1 Å². The SMILES string of the molecule is C[C@@H]1CN(c2ccc(-c3cnc(NC(=O)C4CCCCO4)cc3Cl)c(F)c2Nc2ncnc(Cl)c2N)C[C@H](C)N1C. The van der Waals surface area contributed by atoms with E-state index in [-0.39, 0.29) is 56.7 Å². The van der Waals surface area contributed by atoms with E-state index in [0.717, 1.165) is 12.8 Å². The van der Waals surface area contributed by atoms with Crippen molar-refractivity contribution in [2.45, 2.75) is 51.3 Å². The van der Waals surface area contributed by atoms with Gasteiger partial charge >= 0.3 is 0 Å². The Morgan fingerprint density at radius 2 is 1.88 bits per heavy atom. The van der Waals surface area contributed by atoms with Gasteiger partial charge in [0.25, 0.3) is 5.91 Å². The Balaban J connectivity index is 1.50. The molecule has 0 aliphatic carbocycles. The number of nitrogens with zero attached hydrogens (tertiary/aromatic N) is 5. The van der Waals surface area contributed by atoms with E-state index in [4.69, 9.17) is 33.7 Å². The summed E-state index contributed by atoms with van der Waals surface area (Å²) in [6.07, 6.45) is 4.69. The van der Waals surface area contributed by atoms with Gasteiger partial charge in [0, 0.05) is 55.2 Å². The van der Waals surface area contributed by atoms with Gasteiger partial charge in [-0.2, -0.15) is 0 Å². The van der Waals surface area contributed by atoms with Crippen LogP contribution in [-0.4, -0.2) is 70.7 Å². The first-order chi connectivity index (χ1) is 19.6. The maximum Gasteiger partial charge on any atom is 0.254 e. The lowest BCUT2D eigenvalue weighted by molar-refractivity contribution is -0.130. The maximum atomic E-state index is 16.5. The van der Waals surface area contributed by atoms with Gasteiger partial charge in [0.1, 0.15) is 29.6 Å². The number of anilines is 5. The summed E-state index contributed by atoms with van der Waals surface area (Å²) in [7, 11) is 2.09. The molecule has 0 bridgehead atoms. The van der Waals surface area contributed by atoms with Gasteiger partial charge in [0.05, 0.1) is 10.7 Å². The number of benzene rings is 1. The second kappa shape index (κ2) is 12.3. The number of halogens is 3. The third kappa shape index (κ3) is 6.18. The molecule has 2 saturated heterocycles. The Kier molecular flexibility index (Phi) is 8.79. The van der Waals surface area contributed by atoms with E-state index in [0.29, 0.717) is 37.4 Å². The van der Waals surface area contributed by atoms with Gasteiger partial charge < -0.3 is 26.0 Å².